The third-order valence-corrected chi connectivity index (χ3v) is 6.95. The van der Waals surface area contributed by atoms with E-state index in [9.17, 15) is 13.2 Å². The Kier molecular flexibility index (Phi) is 5.79. The second kappa shape index (κ2) is 7.89. The Morgan fingerprint density at radius 3 is 2.85 bits per heavy atom. The summed E-state index contributed by atoms with van der Waals surface area (Å²) in [5.41, 5.74) is 0.497. The molecule has 1 aromatic rings. The summed E-state index contributed by atoms with van der Waals surface area (Å²) in [5, 5.41) is 0. The number of carbonyl (C=O) groups excluding carboxylic acids is 1. The van der Waals surface area contributed by atoms with Gasteiger partial charge in [-0.1, -0.05) is 0 Å². The maximum atomic E-state index is 12.8. The zero-order valence-corrected chi connectivity index (χ0v) is 15.9. The van der Waals surface area contributed by atoms with Crippen molar-refractivity contribution in [1.82, 2.24) is 14.2 Å². The molecule has 0 saturated carbocycles. The van der Waals surface area contributed by atoms with Crippen LogP contribution in [0.1, 0.15) is 23.7 Å². The molecule has 2 atom stereocenters. The molecule has 0 radical (unpaired) electrons. The van der Waals surface area contributed by atoms with Gasteiger partial charge in [0.05, 0.1) is 31.6 Å². The lowest BCUT2D eigenvalue weighted by molar-refractivity contribution is 0.0466. The SMILES string of the molecule is CCS(=O)(=O)N1CCOC[C@H]2CN(C(=O)c3ccc(OC)nc3)CC[C@H]21. The van der Waals surface area contributed by atoms with E-state index in [2.05, 4.69) is 4.98 Å². The molecule has 0 bridgehead atoms. The van der Waals surface area contributed by atoms with Gasteiger partial charge in [-0.2, -0.15) is 4.31 Å². The van der Waals surface area contributed by atoms with Crippen molar-refractivity contribution in [2.24, 2.45) is 5.92 Å². The highest BCUT2D eigenvalue weighted by atomic mass is 32.2. The van der Waals surface area contributed by atoms with Crippen LogP contribution in [0.2, 0.25) is 0 Å². The molecule has 0 spiro atoms. The predicted molar refractivity (Wildman–Crippen MR) is 95.6 cm³/mol. The van der Waals surface area contributed by atoms with Gasteiger partial charge >= 0.3 is 0 Å². The number of fused-ring (bicyclic) bond motifs is 1. The number of sulfonamides is 1. The topological polar surface area (TPSA) is 89.0 Å². The minimum Gasteiger partial charge on any atom is -0.481 e. The molecule has 1 amide bonds. The van der Waals surface area contributed by atoms with Gasteiger partial charge in [0.1, 0.15) is 0 Å². The van der Waals surface area contributed by atoms with E-state index in [1.54, 1.807) is 28.3 Å². The van der Waals surface area contributed by atoms with Crippen LogP contribution in [-0.4, -0.2) is 80.3 Å². The predicted octanol–water partition coefficient (Wildman–Crippen LogP) is 0.603. The highest BCUT2D eigenvalue weighted by Crippen LogP contribution is 2.28. The third-order valence-electron chi connectivity index (χ3n) is 5.05. The smallest absolute Gasteiger partial charge is 0.255 e. The summed E-state index contributed by atoms with van der Waals surface area (Å²) in [6, 6.07) is 3.24. The fourth-order valence-electron chi connectivity index (χ4n) is 3.62. The number of pyridine rings is 1. The average molecular weight is 383 g/mol. The van der Waals surface area contributed by atoms with E-state index in [1.807, 2.05) is 0 Å². The monoisotopic (exact) mass is 383 g/mol. The van der Waals surface area contributed by atoms with Crippen LogP contribution in [0, 0.1) is 5.92 Å². The standard InChI is InChI=1S/C17H25N3O5S/c1-3-26(22,23)20-8-9-25-12-14-11-19(7-6-15(14)20)17(21)13-4-5-16(24-2)18-10-13/h4-5,10,14-15H,3,6-9,11-12H2,1-2H3/t14-,15-/m1/s1. The van der Waals surface area contributed by atoms with Gasteiger partial charge in [-0.25, -0.2) is 13.4 Å². The number of amides is 1. The van der Waals surface area contributed by atoms with E-state index in [-0.39, 0.29) is 23.6 Å². The van der Waals surface area contributed by atoms with Crippen LogP contribution in [0.15, 0.2) is 18.3 Å². The first-order valence-corrected chi connectivity index (χ1v) is 10.4. The Morgan fingerprint density at radius 2 is 2.19 bits per heavy atom. The lowest BCUT2D eigenvalue weighted by Gasteiger charge is -2.41. The van der Waals surface area contributed by atoms with Gasteiger partial charge in [0, 0.05) is 43.9 Å². The zero-order valence-electron chi connectivity index (χ0n) is 15.1. The third kappa shape index (κ3) is 3.84. The first kappa shape index (κ1) is 19.1. The van der Waals surface area contributed by atoms with E-state index in [1.165, 1.54) is 13.3 Å². The molecule has 0 aromatic carbocycles. The van der Waals surface area contributed by atoms with E-state index in [0.29, 0.717) is 50.7 Å². The Hall–Kier alpha value is -1.71. The van der Waals surface area contributed by atoms with E-state index in [0.717, 1.165) is 0 Å². The largest absolute Gasteiger partial charge is 0.481 e. The fraction of sp³-hybridized carbons (Fsp3) is 0.647. The molecule has 2 aliphatic heterocycles. The zero-order chi connectivity index (χ0) is 18.7. The summed E-state index contributed by atoms with van der Waals surface area (Å²) in [6.45, 7) is 3.89. The summed E-state index contributed by atoms with van der Waals surface area (Å²) < 4.78 is 37.1. The number of nitrogens with zero attached hydrogens (tertiary/aromatic N) is 3. The number of ether oxygens (including phenoxy) is 2. The van der Waals surface area contributed by atoms with Gasteiger partial charge < -0.3 is 14.4 Å². The first-order valence-electron chi connectivity index (χ1n) is 8.83. The molecule has 0 N–H and O–H groups in total. The van der Waals surface area contributed by atoms with Crippen molar-refractivity contribution < 1.29 is 22.7 Å². The van der Waals surface area contributed by atoms with Crippen LogP contribution in [-0.2, 0) is 14.8 Å². The Bertz CT molecular complexity index is 737. The normalized spacial score (nSPS) is 24.6. The minimum absolute atomic E-state index is 0.0252. The number of rotatable bonds is 4. The van der Waals surface area contributed by atoms with Crippen molar-refractivity contribution in [2.45, 2.75) is 19.4 Å². The number of likely N-dealkylation sites (tertiary alicyclic amines) is 1. The van der Waals surface area contributed by atoms with Gasteiger partial charge in [0.2, 0.25) is 15.9 Å². The van der Waals surface area contributed by atoms with E-state index >= 15 is 0 Å². The summed E-state index contributed by atoms with van der Waals surface area (Å²) in [5.74, 6) is 0.407. The van der Waals surface area contributed by atoms with E-state index < -0.39 is 10.0 Å². The molecule has 3 rings (SSSR count). The number of carbonyl (C=O) groups is 1. The van der Waals surface area contributed by atoms with Crippen molar-refractivity contribution in [2.75, 3.05) is 45.7 Å². The molecule has 8 nitrogen and oxygen atoms in total. The Morgan fingerprint density at radius 1 is 1.38 bits per heavy atom. The molecule has 2 fully saturated rings. The molecule has 26 heavy (non-hydrogen) atoms. The van der Waals surface area contributed by atoms with Crippen molar-refractivity contribution in [3.63, 3.8) is 0 Å². The summed E-state index contributed by atoms with van der Waals surface area (Å²) in [4.78, 5) is 18.6. The first-order chi connectivity index (χ1) is 12.5. The lowest BCUT2D eigenvalue weighted by Crippen LogP contribution is -2.54. The van der Waals surface area contributed by atoms with Gasteiger partial charge in [-0.15, -0.1) is 0 Å². The number of piperidine rings is 1. The highest BCUT2D eigenvalue weighted by Gasteiger charge is 2.40. The number of aromatic nitrogens is 1. The van der Waals surface area contributed by atoms with Crippen molar-refractivity contribution in [3.8, 4) is 5.88 Å². The fourth-order valence-corrected chi connectivity index (χ4v) is 5.00. The van der Waals surface area contributed by atoms with Crippen molar-refractivity contribution in [3.05, 3.63) is 23.9 Å². The van der Waals surface area contributed by atoms with Crippen LogP contribution in [0.25, 0.3) is 0 Å². The van der Waals surface area contributed by atoms with E-state index in [4.69, 9.17) is 9.47 Å². The second-order valence-corrected chi connectivity index (χ2v) is 8.75. The van der Waals surface area contributed by atoms with Crippen molar-refractivity contribution in [1.29, 1.82) is 0 Å². The highest BCUT2D eigenvalue weighted by molar-refractivity contribution is 7.89. The maximum absolute atomic E-state index is 12.8. The van der Waals surface area contributed by atoms with Gasteiger partial charge in [0.15, 0.2) is 0 Å². The Labute approximate surface area is 154 Å². The number of hydrogen-bond donors (Lipinski definition) is 0. The maximum Gasteiger partial charge on any atom is 0.255 e. The number of methoxy groups -OCH3 is 1. The quantitative estimate of drug-likeness (QED) is 0.757. The lowest BCUT2D eigenvalue weighted by atomic mass is 9.92. The molecule has 0 aliphatic carbocycles. The van der Waals surface area contributed by atoms with Crippen molar-refractivity contribution >= 4 is 15.9 Å². The van der Waals surface area contributed by atoms with Crippen LogP contribution in [0.5, 0.6) is 5.88 Å². The van der Waals surface area contributed by atoms with Crippen LogP contribution in [0.4, 0.5) is 0 Å². The van der Waals surface area contributed by atoms with Crippen LogP contribution >= 0.6 is 0 Å². The molecule has 3 heterocycles. The van der Waals surface area contributed by atoms with Gasteiger partial charge in [0.25, 0.3) is 5.91 Å². The summed E-state index contributed by atoms with van der Waals surface area (Å²) in [6.07, 6.45) is 2.12. The van der Waals surface area contributed by atoms with Gasteiger partial charge in [-0.05, 0) is 19.4 Å². The molecule has 0 unspecified atom stereocenters. The summed E-state index contributed by atoms with van der Waals surface area (Å²) >= 11 is 0. The molecule has 144 valence electrons. The number of hydrogen-bond acceptors (Lipinski definition) is 6. The second-order valence-electron chi connectivity index (χ2n) is 6.54. The van der Waals surface area contributed by atoms with Crippen LogP contribution in [0.3, 0.4) is 0 Å². The summed E-state index contributed by atoms with van der Waals surface area (Å²) in [7, 11) is -1.76. The molecular weight excluding hydrogens is 358 g/mol. The van der Waals surface area contributed by atoms with Gasteiger partial charge in [-0.3, -0.25) is 4.79 Å². The minimum atomic E-state index is -3.29. The molecule has 9 heteroatoms. The average Bonchev–Trinajstić information content (AvgIpc) is 2.89. The Balaban J connectivity index is 1.74. The molecular formula is C17H25N3O5S. The van der Waals surface area contributed by atoms with Crippen LogP contribution < -0.4 is 4.74 Å². The molecule has 2 aliphatic rings. The molecule has 1 aromatic heterocycles. The molecule has 2 saturated heterocycles.